The lowest BCUT2D eigenvalue weighted by molar-refractivity contribution is -0.188. The maximum atomic E-state index is 6.39. The molecule has 0 aromatic carbocycles. The monoisotopic (exact) mass is 330 g/mol. The third-order valence-electron chi connectivity index (χ3n) is 4.53. The van der Waals surface area contributed by atoms with Gasteiger partial charge in [-0.25, -0.2) is 0 Å². The van der Waals surface area contributed by atoms with E-state index in [-0.39, 0.29) is 17.9 Å². The van der Waals surface area contributed by atoms with Crippen LogP contribution in [0.1, 0.15) is 37.1 Å². The lowest BCUT2D eigenvalue weighted by atomic mass is 9.97. The van der Waals surface area contributed by atoms with Gasteiger partial charge in [-0.2, -0.15) is 0 Å². The summed E-state index contributed by atoms with van der Waals surface area (Å²) >= 11 is 7.75. The summed E-state index contributed by atoms with van der Waals surface area (Å²) in [5.41, 5.74) is 6.39. The summed E-state index contributed by atoms with van der Waals surface area (Å²) in [7, 11) is 0. The van der Waals surface area contributed by atoms with Gasteiger partial charge >= 0.3 is 0 Å². The summed E-state index contributed by atoms with van der Waals surface area (Å²) in [5, 5.41) is 0. The Kier molecular flexibility index (Phi) is 4.88. The molecule has 4 nitrogen and oxygen atoms in total. The predicted molar refractivity (Wildman–Crippen MR) is 85.8 cm³/mol. The molecule has 0 saturated carbocycles. The molecule has 1 aromatic heterocycles. The Balaban J connectivity index is 1.72. The zero-order valence-electron chi connectivity index (χ0n) is 12.4. The van der Waals surface area contributed by atoms with Gasteiger partial charge in [0, 0.05) is 36.9 Å². The van der Waals surface area contributed by atoms with Gasteiger partial charge in [-0.05, 0) is 18.6 Å². The largest absolute Gasteiger partial charge is 0.347 e. The normalized spacial score (nSPS) is 25.3. The Hall–Kier alpha value is -0.170. The van der Waals surface area contributed by atoms with Gasteiger partial charge in [-0.1, -0.05) is 18.5 Å². The first-order valence-corrected chi connectivity index (χ1v) is 8.86. The van der Waals surface area contributed by atoms with E-state index in [0.29, 0.717) is 0 Å². The molecule has 2 saturated heterocycles. The van der Waals surface area contributed by atoms with Gasteiger partial charge in [-0.3, -0.25) is 4.90 Å². The molecule has 0 radical (unpaired) electrons. The van der Waals surface area contributed by atoms with Crippen molar-refractivity contribution in [1.82, 2.24) is 4.90 Å². The molecule has 1 aromatic rings. The number of thiophene rings is 1. The van der Waals surface area contributed by atoms with Crippen LogP contribution < -0.4 is 5.73 Å². The molecule has 3 rings (SSSR count). The molecule has 21 heavy (non-hydrogen) atoms. The molecule has 6 heteroatoms. The van der Waals surface area contributed by atoms with Crippen molar-refractivity contribution < 1.29 is 9.47 Å². The van der Waals surface area contributed by atoms with Crippen molar-refractivity contribution >= 4 is 22.9 Å². The molecular weight excluding hydrogens is 308 g/mol. The zero-order chi connectivity index (χ0) is 14.9. The van der Waals surface area contributed by atoms with Crippen LogP contribution in [0.2, 0.25) is 4.34 Å². The molecule has 0 bridgehead atoms. The van der Waals surface area contributed by atoms with Crippen LogP contribution in [0.15, 0.2) is 12.1 Å². The highest BCUT2D eigenvalue weighted by atomic mass is 35.5. The van der Waals surface area contributed by atoms with Gasteiger partial charge in [-0.15, -0.1) is 11.3 Å². The average molecular weight is 331 g/mol. The summed E-state index contributed by atoms with van der Waals surface area (Å²) < 4.78 is 12.4. The average Bonchev–Trinajstić information content (AvgIpc) is 3.11. The summed E-state index contributed by atoms with van der Waals surface area (Å²) in [6, 6.07) is 4.44. The number of piperidine rings is 1. The smallest absolute Gasteiger partial charge is 0.170 e. The molecule has 3 heterocycles. The second kappa shape index (κ2) is 6.52. The van der Waals surface area contributed by atoms with Crippen LogP contribution in [0, 0.1) is 0 Å². The molecular formula is C15H23ClN2O2S. The summed E-state index contributed by atoms with van der Waals surface area (Å²) in [4.78, 5) is 3.73. The van der Waals surface area contributed by atoms with Crippen LogP contribution in [-0.4, -0.2) is 43.0 Å². The number of rotatable bonds is 4. The van der Waals surface area contributed by atoms with Crippen molar-refractivity contribution in [2.75, 3.05) is 26.3 Å². The van der Waals surface area contributed by atoms with E-state index in [0.717, 1.165) is 49.9 Å². The highest BCUT2D eigenvalue weighted by Gasteiger charge is 2.42. The fourth-order valence-corrected chi connectivity index (χ4v) is 4.57. The predicted octanol–water partition coefficient (Wildman–Crippen LogP) is 3.02. The number of halogens is 1. The number of hydrogen-bond acceptors (Lipinski definition) is 5. The topological polar surface area (TPSA) is 47.7 Å². The van der Waals surface area contributed by atoms with Crippen LogP contribution in [0.3, 0.4) is 0 Å². The number of nitrogens with zero attached hydrogens (tertiary/aromatic N) is 1. The van der Waals surface area contributed by atoms with Crippen molar-refractivity contribution in [3.63, 3.8) is 0 Å². The van der Waals surface area contributed by atoms with Gasteiger partial charge in [0.15, 0.2) is 5.79 Å². The van der Waals surface area contributed by atoms with Gasteiger partial charge < -0.3 is 15.2 Å². The molecule has 0 aliphatic carbocycles. The van der Waals surface area contributed by atoms with Gasteiger partial charge in [0.25, 0.3) is 0 Å². The second-order valence-corrected chi connectivity index (χ2v) is 7.55. The molecule has 2 fully saturated rings. The van der Waals surface area contributed by atoms with E-state index in [4.69, 9.17) is 26.8 Å². The van der Waals surface area contributed by atoms with E-state index in [1.165, 1.54) is 4.88 Å². The zero-order valence-corrected chi connectivity index (χ0v) is 14.0. The van der Waals surface area contributed by atoms with Crippen LogP contribution in [0.4, 0.5) is 0 Å². The highest BCUT2D eigenvalue weighted by molar-refractivity contribution is 7.16. The van der Waals surface area contributed by atoms with E-state index >= 15 is 0 Å². The van der Waals surface area contributed by atoms with Crippen molar-refractivity contribution in [3.05, 3.63) is 21.3 Å². The quantitative estimate of drug-likeness (QED) is 0.922. The Morgan fingerprint density at radius 1 is 1.33 bits per heavy atom. The fourth-order valence-electron chi connectivity index (χ4n) is 3.30. The van der Waals surface area contributed by atoms with Crippen molar-refractivity contribution in [3.8, 4) is 0 Å². The molecule has 2 atom stereocenters. The van der Waals surface area contributed by atoms with Crippen LogP contribution >= 0.6 is 22.9 Å². The fraction of sp³-hybridized carbons (Fsp3) is 0.733. The third kappa shape index (κ3) is 3.28. The van der Waals surface area contributed by atoms with E-state index in [1.807, 2.05) is 6.07 Å². The van der Waals surface area contributed by atoms with Crippen LogP contribution in [-0.2, 0) is 9.47 Å². The maximum absolute atomic E-state index is 6.39. The Bertz CT molecular complexity index is 466. The highest BCUT2D eigenvalue weighted by Crippen LogP contribution is 2.38. The number of likely N-dealkylation sites (tertiary alicyclic amines) is 1. The van der Waals surface area contributed by atoms with Crippen molar-refractivity contribution in [2.24, 2.45) is 5.73 Å². The Morgan fingerprint density at radius 2 is 2.00 bits per heavy atom. The van der Waals surface area contributed by atoms with Gasteiger partial charge in [0.05, 0.1) is 23.6 Å². The van der Waals surface area contributed by atoms with Crippen molar-refractivity contribution in [2.45, 2.75) is 44.1 Å². The minimum absolute atomic E-state index is 0.124. The summed E-state index contributed by atoms with van der Waals surface area (Å²) in [6.07, 6.45) is 2.78. The first kappa shape index (κ1) is 15.7. The van der Waals surface area contributed by atoms with E-state index in [1.54, 1.807) is 11.3 Å². The minimum atomic E-state index is -0.329. The Morgan fingerprint density at radius 3 is 2.52 bits per heavy atom. The molecule has 2 aliphatic heterocycles. The lowest BCUT2D eigenvalue weighted by Crippen LogP contribution is -2.49. The summed E-state index contributed by atoms with van der Waals surface area (Å²) in [5.74, 6) is -0.329. The molecule has 0 amide bonds. The first-order valence-electron chi connectivity index (χ1n) is 7.66. The lowest BCUT2D eigenvalue weighted by Gasteiger charge is -2.42. The summed E-state index contributed by atoms with van der Waals surface area (Å²) in [6.45, 7) is 5.49. The van der Waals surface area contributed by atoms with E-state index in [9.17, 15) is 0 Å². The van der Waals surface area contributed by atoms with Gasteiger partial charge in [0.1, 0.15) is 0 Å². The molecule has 1 spiro atoms. The van der Waals surface area contributed by atoms with Gasteiger partial charge in [0.2, 0.25) is 0 Å². The van der Waals surface area contributed by atoms with Crippen LogP contribution in [0.25, 0.3) is 0 Å². The molecule has 2 unspecified atom stereocenters. The standard InChI is InChI=1S/C15H23ClN2O2S/c1-2-11(17)14(12-3-4-13(16)21-12)18-7-5-15(6-8-18)19-9-10-20-15/h3-4,11,14H,2,5-10,17H2,1H3. The minimum Gasteiger partial charge on any atom is -0.347 e. The SMILES string of the molecule is CCC(N)C(c1ccc(Cl)s1)N1CCC2(CC1)OCCO2. The second-order valence-electron chi connectivity index (χ2n) is 5.80. The van der Waals surface area contributed by atoms with Crippen LogP contribution in [0.5, 0.6) is 0 Å². The Labute approximate surface area is 135 Å². The molecule has 118 valence electrons. The molecule has 2 aliphatic rings. The van der Waals surface area contributed by atoms with E-state index < -0.39 is 0 Å². The number of ether oxygens (including phenoxy) is 2. The maximum Gasteiger partial charge on any atom is 0.170 e. The first-order chi connectivity index (χ1) is 10.1. The van der Waals surface area contributed by atoms with E-state index in [2.05, 4.69) is 17.9 Å². The number of nitrogens with two attached hydrogens (primary N) is 1. The van der Waals surface area contributed by atoms with Crippen molar-refractivity contribution in [1.29, 1.82) is 0 Å². The molecule has 2 N–H and O–H groups in total. The third-order valence-corrected chi connectivity index (χ3v) is 5.83. The number of hydrogen-bond donors (Lipinski definition) is 1.